The SMILES string of the molecule is CCCCCCCCCCC(CCCC)OC(=O)c1ccc(Cl)cc1. The maximum absolute atomic E-state index is 12.3. The molecule has 0 amide bonds. The Hall–Kier alpha value is -1.02. The standard InChI is InChI=1S/C22H35ClO2/c1-3-5-7-8-9-10-11-12-14-21(13-6-4-2)25-22(24)19-15-17-20(23)18-16-19/h15-18,21H,3-14H2,1-2H3. The van der Waals surface area contributed by atoms with Gasteiger partial charge in [0.25, 0.3) is 0 Å². The van der Waals surface area contributed by atoms with Crippen molar-refractivity contribution in [1.29, 1.82) is 0 Å². The van der Waals surface area contributed by atoms with Crippen molar-refractivity contribution in [3.8, 4) is 0 Å². The van der Waals surface area contributed by atoms with Gasteiger partial charge in [0, 0.05) is 5.02 Å². The van der Waals surface area contributed by atoms with E-state index in [1.165, 1.54) is 44.9 Å². The van der Waals surface area contributed by atoms with Crippen LogP contribution < -0.4 is 0 Å². The predicted octanol–water partition coefficient (Wildman–Crippen LogP) is 7.59. The highest BCUT2D eigenvalue weighted by molar-refractivity contribution is 6.30. The number of hydrogen-bond donors (Lipinski definition) is 0. The molecule has 0 bridgehead atoms. The molecule has 1 rings (SSSR count). The smallest absolute Gasteiger partial charge is 0.338 e. The maximum atomic E-state index is 12.3. The first-order valence-corrected chi connectivity index (χ1v) is 10.5. The molecule has 25 heavy (non-hydrogen) atoms. The number of carbonyl (C=O) groups is 1. The Morgan fingerprint density at radius 3 is 1.96 bits per heavy atom. The molecule has 3 heteroatoms. The topological polar surface area (TPSA) is 26.3 Å². The Kier molecular flexibility index (Phi) is 12.5. The molecule has 1 atom stereocenters. The summed E-state index contributed by atoms with van der Waals surface area (Å²) in [6.07, 6.45) is 14.7. The van der Waals surface area contributed by atoms with Gasteiger partial charge in [-0.1, -0.05) is 83.2 Å². The van der Waals surface area contributed by atoms with Crippen LogP contribution in [0.3, 0.4) is 0 Å². The number of benzene rings is 1. The molecule has 0 N–H and O–H groups in total. The summed E-state index contributed by atoms with van der Waals surface area (Å²) >= 11 is 5.88. The third kappa shape index (κ3) is 10.5. The zero-order chi connectivity index (χ0) is 18.3. The van der Waals surface area contributed by atoms with Gasteiger partial charge in [-0.05, 0) is 43.5 Å². The molecule has 1 aromatic carbocycles. The summed E-state index contributed by atoms with van der Waals surface area (Å²) in [5.74, 6) is -0.225. The number of esters is 1. The van der Waals surface area contributed by atoms with E-state index in [0.717, 1.165) is 32.1 Å². The van der Waals surface area contributed by atoms with E-state index in [1.807, 2.05) is 0 Å². The number of rotatable bonds is 14. The Morgan fingerprint density at radius 1 is 0.840 bits per heavy atom. The molecular formula is C22H35ClO2. The molecule has 0 aliphatic carbocycles. The van der Waals surface area contributed by atoms with Crippen molar-refractivity contribution < 1.29 is 9.53 Å². The third-order valence-electron chi connectivity index (χ3n) is 4.61. The summed E-state index contributed by atoms with van der Waals surface area (Å²) in [4.78, 5) is 12.3. The van der Waals surface area contributed by atoms with Gasteiger partial charge >= 0.3 is 5.97 Å². The van der Waals surface area contributed by atoms with Gasteiger partial charge in [-0.2, -0.15) is 0 Å². The summed E-state index contributed by atoms with van der Waals surface area (Å²) in [7, 11) is 0. The van der Waals surface area contributed by atoms with Crippen molar-refractivity contribution in [2.45, 2.75) is 97.0 Å². The normalized spacial score (nSPS) is 12.1. The van der Waals surface area contributed by atoms with Crippen molar-refractivity contribution in [3.05, 3.63) is 34.9 Å². The molecule has 142 valence electrons. The second kappa shape index (κ2) is 14.2. The van der Waals surface area contributed by atoms with Crippen molar-refractivity contribution in [3.63, 3.8) is 0 Å². The van der Waals surface area contributed by atoms with Crippen LogP contribution in [-0.4, -0.2) is 12.1 Å². The summed E-state index contributed by atoms with van der Waals surface area (Å²) in [5.41, 5.74) is 0.585. The number of ether oxygens (including phenoxy) is 1. The van der Waals surface area contributed by atoms with Crippen LogP contribution in [0.2, 0.25) is 5.02 Å². The summed E-state index contributed by atoms with van der Waals surface area (Å²) in [6, 6.07) is 6.94. The van der Waals surface area contributed by atoms with Crippen LogP contribution in [0, 0.1) is 0 Å². The lowest BCUT2D eigenvalue weighted by atomic mass is 10.0. The number of unbranched alkanes of at least 4 members (excludes halogenated alkanes) is 8. The van der Waals surface area contributed by atoms with Crippen LogP contribution in [-0.2, 0) is 4.74 Å². The second-order valence-electron chi connectivity index (χ2n) is 6.94. The molecule has 1 aromatic rings. The fourth-order valence-electron chi connectivity index (χ4n) is 3.01. The Balaban J connectivity index is 2.30. The predicted molar refractivity (Wildman–Crippen MR) is 107 cm³/mol. The van der Waals surface area contributed by atoms with Gasteiger partial charge < -0.3 is 4.74 Å². The minimum atomic E-state index is -0.225. The Morgan fingerprint density at radius 2 is 1.36 bits per heavy atom. The van der Waals surface area contributed by atoms with Crippen LogP contribution in [0.25, 0.3) is 0 Å². The molecule has 0 saturated carbocycles. The van der Waals surface area contributed by atoms with Crippen molar-refractivity contribution in [1.82, 2.24) is 0 Å². The van der Waals surface area contributed by atoms with E-state index in [2.05, 4.69) is 13.8 Å². The maximum Gasteiger partial charge on any atom is 0.338 e. The molecule has 1 unspecified atom stereocenters. The summed E-state index contributed by atoms with van der Waals surface area (Å²) in [5, 5.41) is 0.637. The quantitative estimate of drug-likeness (QED) is 0.250. The molecule has 0 aliphatic rings. The van der Waals surface area contributed by atoms with E-state index in [1.54, 1.807) is 24.3 Å². The van der Waals surface area contributed by atoms with E-state index in [4.69, 9.17) is 16.3 Å². The highest BCUT2D eigenvalue weighted by Crippen LogP contribution is 2.18. The average molecular weight is 367 g/mol. The van der Waals surface area contributed by atoms with Crippen LogP contribution in [0.4, 0.5) is 0 Å². The number of halogens is 1. The molecule has 0 heterocycles. The monoisotopic (exact) mass is 366 g/mol. The van der Waals surface area contributed by atoms with E-state index in [-0.39, 0.29) is 12.1 Å². The van der Waals surface area contributed by atoms with Gasteiger partial charge in [0.2, 0.25) is 0 Å². The minimum absolute atomic E-state index is 0.0446. The largest absolute Gasteiger partial charge is 0.459 e. The zero-order valence-corrected chi connectivity index (χ0v) is 16.8. The van der Waals surface area contributed by atoms with E-state index >= 15 is 0 Å². The average Bonchev–Trinajstić information content (AvgIpc) is 2.62. The first-order valence-electron chi connectivity index (χ1n) is 10.1. The second-order valence-corrected chi connectivity index (χ2v) is 7.38. The van der Waals surface area contributed by atoms with E-state index < -0.39 is 0 Å². The molecule has 0 aliphatic heterocycles. The zero-order valence-electron chi connectivity index (χ0n) is 16.1. The number of carbonyl (C=O) groups excluding carboxylic acids is 1. The number of hydrogen-bond acceptors (Lipinski definition) is 2. The van der Waals surface area contributed by atoms with E-state index in [9.17, 15) is 4.79 Å². The van der Waals surface area contributed by atoms with E-state index in [0.29, 0.717) is 10.6 Å². The van der Waals surface area contributed by atoms with Crippen LogP contribution >= 0.6 is 11.6 Å². The Labute approximate surface area is 159 Å². The molecule has 0 spiro atoms. The molecule has 0 saturated heterocycles. The lowest BCUT2D eigenvalue weighted by molar-refractivity contribution is 0.0250. The fourth-order valence-corrected chi connectivity index (χ4v) is 3.13. The van der Waals surface area contributed by atoms with Crippen molar-refractivity contribution in [2.75, 3.05) is 0 Å². The van der Waals surface area contributed by atoms with Crippen molar-refractivity contribution in [2.24, 2.45) is 0 Å². The lowest BCUT2D eigenvalue weighted by Crippen LogP contribution is -2.18. The van der Waals surface area contributed by atoms with Gasteiger partial charge in [0.15, 0.2) is 0 Å². The highest BCUT2D eigenvalue weighted by atomic mass is 35.5. The van der Waals surface area contributed by atoms with Crippen molar-refractivity contribution >= 4 is 17.6 Å². The summed E-state index contributed by atoms with van der Waals surface area (Å²) < 4.78 is 5.76. The minimum Gasteiger partial charge on any atom is -0.459 e. The highest BCUT2D eigenvalue weighted by Gasteiger charge is 2.15. The fraction of sp³-hybridized carbons (Fsp3) is 0.682. The van der Waals surface area contributed by atoms with Gasteiger partial charge in [0.05, 0.1) is 5.56 Å². The Bertz CT molecular complexity index is 456. The van der Waals surface area contributed by atoms with Gasteiger partial charge in [-0.25, -0.2) is 4.79 Å². The molecular weight excluding hydrogens is 332 g/mol. The van der Waals surface area contributed by atoms with Gasteiger partial charge in [0.1, 0.15) is 6.10 Å². The first kappa shape index (κ1) is 22.0. The molecule has 0 aromatic heterocycles. The molecule has 2 nitrogen and oxygen atoms in total. The van der Waals surface area contributed by atoms with Crippen LogP contribution in [0.15, 0.2) is 24.3 Å². The van der Waals surface area contributed by atoms with Gasteiger partial charge in [-0.3, -0.25) is 0 Å². The molecule has 0 radical (unpaired) electrons. The van der Waals surface area contributed by atoms with Gasteiger partial charge in [-0.15, -0.1) is 0 Å². The first-order chi connectivity index (χ1) is 12.2. The molecule has 0 fully saturated rings. The van der Waals surface area contributed by atoms with Crippen LogP contribution in [0.1, 0.15) is 101 Å². The lowest BCUT2D eigenvalue weighted by Gasteiger charge is -2.18. The summed E-state index contributed by atoms with van der Waals surface area (Å²) in [6.45, 7) is 4.43. The third-order valence-corrected chi connectivity index (χ3v) is 4.86. The van der Waals surface area contributed by atoms with Crippen LogP contribution in [0.5, 0.6) is 0 Å².